The number of halogens is 2. The molecule has 0 N–H and O–H groups in total. The van der Waals surface area contributed by atoms with Gasteiger partial charge in [-0.1, -0.05) is 27.5 Å². The van der Waals surface area contributed by atoms with Gasteiger partial charge < -0.3 is 4.74 Å². The van der Waals surface area contributed by atoms with Gasteiger partial charge in [0, 0.05) is 10.4 Å². The van der Waals surface area contributed by atoms with E-state index in [2.05, 4.69) is 20.9 Å². The molecular formula is C8H7BrClNO. The van der Waals surface area contributed by atoms with Crippen molar-refractivity contribution in [2.75, 3.05) is 6.61 Å². The highest BCUT2D eigenvalue weighted by Gasteiger charge is 2.19. The Kier molecular flexibility index (Phi) is 2.24. The Morgan fingerprint density at radius 2 is 2.42 bits per heavy atom. The number of hydrogen-bond donors (Lipinski definition) is 0. The van der Waals surface area contributed by atoms with Crippen LogP contribution in [0.2, 0.25) is 5.15 Å². The van der Waals surface area contributed by atoms with Crippen molar-refractivity contribution in [3.63, 3.8) is 0 Å². The summed E-state index contributed by atoms with van der Waals surface area (Å²) in [6, 6.07) is 3.73. The largest absolute Gasteiger partial charge is 0.477 e. The lowest BCUT2D eigenvalue weighted by Gasteiger charge is -2.20. The van der Waals surface area contributed by atoms with Gasteiger partial charge in [0.15, 0.2) is 0 Å². The average Bonchev–Trinajstić information content (AvgIpc) is 2.04. The minimum atomic E-state index is 0.353. The molecule has 12 heavy (non-hydrogen) atoms. The Hall–Kier alpha value is -0.280. The fourth-order valence-electron chi connectivity index (χ4n) is 1.20. The van der Waals surface area contributed by atoms with Crippen LogP contribution in [0.15, 0.2) is 12.1 Å². The summed E-state index contributed by atoms with van der Waals surface area (Å²) in [6.45, 7) is 0.705. The molecule has 2 nitrogen and oxygen atoms in total. The Balaban J connectivity index is 2.46. The number of pyridine rings is 1. The zero-order chi connectivity index (χ0) is 8.55. The standard InChI is InChI=1S/C8H7BrClNO/c9-6-3-4-12-8-5(6)1-2-7(10)11-8/h1-2,6H,3-4H2. The predicted octanol–water partition coefficient (Wildman–Crippen LogP) is 2.95. The van der Waals surface area contributed by atoms with Gasteiger partial charge >= 0.3 is 0 Å². The smallest absolute Gasteiger partial charge is 0.219 e. The lowest BCUT2D eigenvalue weighted by Crippen LogP contribution is -2.11. The van der Waals surface area contributed by atoms with Crippen molar-refractivity contribution >= 4 is 27.5 Å². The van der Waals surface area contributed by atoms with E-state index in [4.69, 9.17) is 16.3 Å². The molecule has 0 fully saturated rings. The summed E-state index contributed by atoms with van der Waals surface area (Å²) in [7, 11) is 0. The normalized spacial score (nSPS) is 21.3. The number of nitrogens with zero attached hydrogens (tertiary/aromatic N) is 1. The van der Waals surface area contributed by atoms with Crippen LogP contribution in [0, 0.1) is 0 Å². The molecule has 1 aromatic heterocycles. The van der Waals surface area contributed by atoms with Crippen LogP contribution in [0.1, 0.15) is 16.8 Å². The van der Waals surface area contributed by atoms with Crippen molar-refractivity contribution in [1.82, 2.24) is 4.98 Å². The van der Waals surface area contributed by atoms with Crippen molar-refractivity contribution < 1.29 is 4.74 Å². The lowest BCUT2D eigenvalue weighted by atomic mass is 10.1. The number of ether oxygens (including phenoxy) is 1. The van der Waals surface area contributed by atoms with Gasteiger partial charge in [-0.25, -0.2) is 4.98 Å². The SMILES string of the molecule is Clc1ccc2c(n1)OCCC2Br. The molecule has 1 unspecified atom stereocenters. The van der Waals surface area contributed by atoms with Crippen molar-refractivity contribution in [3.8, 4) is 5.88 Å². The highest BCUT2D eigenvalue weighted by molar-refractivity contribution is 9.09. The van der Waals surface area contributed by atoms with Gasteiger partial charge in [-0.2, -0.15) is 0 Å². The van der Waals surface area contributed by atoms with Gasteiger partial charge in [-0.05, 0) is 18.6 Å². The number of fused-ring (bicyclic) bond motifs is 1. The predicted molar refractivity (Wildman–Crippen MR) is 51.0 cm³/mol. The summed E-state index contributed by atoms with van der Waals surface area (Å²) in [5, 5.41) is 0.482. The molecule has 1 atom stereocenters. The van der Waals surface area contributed by atoms with E-state index in [1.807, 2.05) is 6.07 Å². The fourth-order valence-corrected chi connectivity index (χ4v) is 1.87. The van der Waals surface area contributed by atoms with E-state index >= 15 is 0 Å². The zero-order valence-electron chi connectivity index (χ0n) is 6.26. The summed E-state index contributed by atoms with van der Waals surface area (Å²) in [5.41, 5.74) is 1.09. The zero-order valence-corrected chi connectivity index (χ0v) is 8.60. The molecule has 1 aromatic rings. The fraction of sp³-hybridized carbons (Fsp3) is 0.375. The Bertz CT molecular complexity index is 305. The molecule has 2 heterocycles. The number of aromatic nitrogens is 1. The maximum atomic E-state index is 5.72. The van der Waals surface area contributed by atoms with Gasteiger partial charge in [0.1, 0.15) is 5.15 Å². The minimum absolute atomic E-state index is 0.353. The van der Waals surface area contributed by atoms with E-state index in [-0.39, 0.29) is 0 Å². The van der Waals surface area contributed by atoms with Gasteiger partial charge in [0.25, 0.3) is 0 Å². The maximum absolute atomic E-state index is 5.72. The van der Waals surface area contributed by atoms with Crippen molar-refractivity contribution in [3.05, 3.63) is 22.8 Å². The third-order valence-corrected chi connectivity index (χ3v) is 2.96. The first-order chi connectivity index (χ1) is 5.77. The number of rotatable bonds is 0. The van der Waals surface area contributed by atoms with Crippen LogP contribution < -0.4 is 4.74 Å². The third-order valence-electron chi connectivity index (χ3n) is 1.80. The molecule has 0 aliphatic carbocycles. The van der Waals surface area contributed by atoms with Gasteiger partial charge in [0.2, 0.25) is 5.88 Å². The summed E-state index contributed by atoms with van der Waals surface area (Å²) in [5.74, 6) is 0.663. The second-order valence-electron chi connectivity index (χ2n) is 2.63. The third kappa shape index (κ3) is 1.43. The highest BCUT2D eigenvalue weighted by Crippen LogP contribution is 2.36. The van der Waals surface area contributed by atoms with Gasteiger partial charge in [-0.3, -0.25) is 0 Å². The van der Waals surface area contributed by atoms with E-state index in [9.17, 15) is 0 Å². The first-order valence-corrected chi connectivity index (χ1v) is 5.00. The first kappa shape index (κ1) is 8.32. The molecule has 0 radical (unpaired) electrons. The van der Waals surface area contributed by atoms with Crippen molar-refractivity contribution in [2.24, 2.45) is 0 Å². The summed E-state index contributed by atoms with van der Waals surface area (Å²) < 4.78 is 5.35. The number of hydrogen-bond acceptors (Lipinski definition) is 2. The molecular weight excluding hydrogens is 241 g/mol. The van der Waals surface area contributed by atoms with Gasteiger partial charge in [-0.15, -0.1) is 0 Å². The molecule has 0 aromatic carbocycles. The summed E-state index contributed by atoms with van der Waals surface area (Å²) in [6.07, 6.45) is 0.982. The lowest BCUT2D eigenvalue weighted by molar-refractivity contribution is 0.275. The van der Waals surface area contributed by atoms with Crippen molar-refractivity contribution in [2.45, 2.75) is 11.2 Å². The van der Waals surface area contributed by atoms with E-state index < -0.39 is 0 Å². The van der Waals surface area contributed by atoms with Crippen LogP contribution in [0.3, 0.4) is 0 Å². The van der Waals surface area contributed by atoms with E-state index in [0.29, 0.717) is 22.5 Å². The van der Waals surface area contributed by atoms with E-state index in [1.165, 1.54) is 0 Å². The molecule has 1 aliphatic rings. The van der Waals surface area contributed by atoms with Crippen LogP contribution in [0.4, 0.5) is 0 Å². The topological polar surface area (TPSA) is 22.1 Å². The maximum Gasteiger partial charge on any atom is 0.219 e. The minimum Gasteiger partial charge on any atom is -0.477 e. The van der Waals surface area contributed by atoms with E-state index in [0.717, 1.165) is 12.0 Å². The number of alkyl halides is 1. The molecule has 0 amide bonds. The quantitative estimate of drug-likeness (QED) is 0.520. The molecule has 0 spiro atoms. The van der Waals surface area contributed by atoms with Crippen LogP contribution in [-0.2, 0) is 0 Å². The Morgan fingerprint density at radius 1 is 1.58 bits per heavy atom. The Morgan fingerprint density at radius 3 is 3.25 bits per heavy atom. The Labute approximate surface area is 84.0 Å². The monoisotopic (exact) mass is 247 g/mol. The van der Waals surface area contributed by atoms with Crippen LogP contribution in [0.25, 0.3) is 0 Å². The summed E-state index contributed by atoms with van der Waals surface area (Å²) in [4.78, 5) is 4.43. The van der Waals surface area contributed by atoms with Crippen LogP contribution in [0.5, 0.6) is 5.88 Å². The molecule has 1 aliphatic heterocycles. The molecule has 2 rings (SSSR count). The first-order valence-electron chi connectivity index (χ1n) is 3.70. The van der Waals surface area contributed by atoms with Gasteiger partial charge in [0.05, 0.1) is 6.61 Å². The summed E-state index contributed by atoms with van der Waals surface area (Å²) >= 11 is 9.27. The highest BCUT2D eigenvalue weighted by atomic mass is 79.9. The second-order valence-corrected chi connectivity index (χ2v) is 4.13. The molecule has 4 heteroatoms. The molecule has 64 valence electrons. The second kappa shape index (κ2) is 3.23. The van der Waals surface area contributed by atoms with Crippen LogP contribution in [-0.4, -0.2) is 11.6 Å². The van der Waals surface area contributed by atoms with Crippen molar-refractivity contribution in [1.29, 1.82) is 0 Å². The van der Waals surface area contributed by atoms with E-state index in [1.54, 1.807) is 6.07 Å². The average molecular weight is 249 g/mol. The molecule has 0 saturated carbocycles. The molecule has 0 bridgehead atoms. The van der Waals surface area contributed by atoms with Crippen LogP contribution >= 0.6 is 27.5 Å². The molecule has 0 saturated heterocycles.